The van der Waals surface area contributed by atoms with Gasteiger partial charge in [-0.25, -0.2) is 4.79 Å². The number of benzene rings is 1. The second kappa shape index (κ2) is 8.84. The summed E-state index contributed by atoms with van der Waals surface area (Å²) in [6, 6.07) is 7.43. The molecular weight excluding hydrogens is 433 g/mol. The minimum atomic E-state index is -0.313. The van der Waals surface area contributed by atoms with Crippen LogP contribution in [0, 0.1) is 5.41 Å². The van der Waals surface area contributed by atoms with Gasteiger partial charge in [0.05, 0.1) is 19.3 Å². The van der Waals surface area contributed by atoms with Gasteiger partial charge in [0.15, 0.2) is 5.96 Å². The second-order valence-corrected chi connectivity index (χ2v) is 6.56. The summed E-state index contributed by atoms with van der Waals surface area (Å²) < 4.78 is 10.3. The molecule has 1 aromatic rings. The Kier molecular flexibility index (Phi) is 7.06. The van der Waals surface area contributed by atoms with E-state index in [4.69, 9.17) is 9.47 Å². The molecule has 1 unspecified atom stereocenters. The lowest BCUT2D eigenvalue weighted by atomic mass is 9.87. The van der Waals surface area contributed by atoms with Gasteiger partial charge in [-0.2, -0.15) is 0 Å². The van der Waals surface area contributed by atoms with Gasteiger partial charge in [0.25, 0.3) is 0 Å². The van der Waals surface area contributed by atoms with Crippen molar-refractivity contribution in [3.63, 3.8) is 0 Å². The number of nitrogens with one attached hydrogen (secondary N) is 1. The number of carbonyl (C=O) groups is 1. The van der Waals surface area contributed by atoms with Crippen LogP contribution in [0.25, 0.3) is 0 Å². The number of guanidine groups is 1. The lowest BCUT2D eigenvalue weighted by Gasteiger charge is -2.25. The number of methoxy groups -OCH3 is 1. The first-order chi connectivity index (χ1) is 11.7. The molecule has 0 bridgehead atoms. The van der Waals surface area contributed by atoms with Gasteiger partial charge < -0.3 is 19.7 Å². The van der Waals surface area contributed by atoms with Crippen LogP contribution in [-0.4, -0.2) is 57.3 Å². The van der Waals surface area contributed by atoms with E-state index in [-0.39, 0.29) is 29.9 Å². The van der Waals surface area contributed by atoms with Crippen molar-refractivity contribution in [3.05, 3.63) is 35.4 Å². The first-order valence-corrected chi connectivity index (χ1v) is 8.36. The fourth-order valence-electron chi connectivity index (χ4n) is 3.48. The van der Waals surface area contributed by atoms with E-state index in [0.29, 0.717) is 17.5 Å². The third-order valence-electron chi connectivity index (χ3n) is 4.96. The molecule has 1 aromatic carbocycles. The zero-order valence-electron chi connectivity index (χ0n) is 14.8. The molecule has 2 aliphatic rings. The summed E-state index contributed by atoms with van der Waals surface area (Å²) in [5.74, 6) is 0.613. The molecule has 0 aliphatic carbocycles. The quantitative estimate of drug-likeness (QED) is 0.325. The number of rotatable bonds is 3. The number of hydrogen-bond donors (Lipinski definition) is 1. The minimum absolute atomic E-state index is 0. The summed E-state index contributed by atoms with van der Waals surface area (Å²) >= 11 is 0. The van der Waals surface area contributed by atoms with Crippen molar-refractivity contribution in [2.24, 2.45) is 10.4 Å². The molecule has 138 valence electrons. The lowest BCUT2D eigenvalue weighted by molar-refractivity contribution is 0.0600. The number of esters is 1. The minimum Gasteiger partial charge on any atom is -0.465 e. The average molecular weight is 459 g/mol. The van der Waals surface area contributed by atoms with Crippen LogP contribution in [0.3, 0.4) is 0 Å². The van der Waals surface area contributed by atoms with Gasteiger partial charge in [-0.05, 0) is 30.5 Å². The number of hydrogen-bond acceptors (Lipinski definition) is 4. The van der Waals surface area contributed by atoms with Gasteiger partial charge in [-0.15, -0.1) is 24.0 Å². The molecule has 0 saturated carbocycles. The van der Waals surface area contributed by atoms with Crippen LogP contribution in [0.4, 0.5) is 0 Å². The zero-order valence-corrected chi connectivity index (χ0v) is 17.1. The van der Waals surface area contributed by atoms with Crippen LogP contribution in [0.2, 0.25) is 0 Å². The number of likely N-dealkylation sites (tertiary alicyclic amines) is 1. The SMILES string of the molecule is CN=C(NCc1ccc(C(=O)OC)cc1)N1CCC2(CCOC2)C1.I. The standard InChI is InChI=1S/C18H25N3O3.HI/c1-19-17(21-9-7-18(12-21)8-10-24-13-18)20-11-14-3-5-15(6-4-14)16(22)23-2;/h3-6H,7-13H2,1-2H3,(H,19,20);1H. The largest absolute Gasteiger partial charge is 0.465 e. The van der Waals surface area contributed by atoms with E-state index in [2.05, 4.69) is 15.2 Å². The first kappa shape index (κ1) is 20.0. The highest BCUT2D eigenvalue weighted by atomic mass is 127. The van der Waals surface area contributed by atoms with Gasteiger partial charge in [0.2, 0.25) is 0 Å². The molecule has 1 N–H and O–H groups in total. The number of halogens is 1. The highest BCUT2D eigenvalue weighted by Gasteiger charge is 2.42. The van der Waals surface area contributed by atoms with E-state index in [1.807, 2.05) is 19.2 Å². The highest BCUT2D eigenvalue weighted by molar-refractivity contribution is 14.0. The number of nitrogens with zero attached hydrogens (tertiary/aromatic N) is 2. The van der Waals surface area contributed by atoms with Crippen molar-refractivity contribution in [2.75, 3.05) is 40.5 Å². The molecule has 0 radical (unpaired) electrons. The fourth-order valence-corrected chi connectivity index (χ4v) is 3.48. The number of carbonyl (C=O) groups excluding carboxylic acids is 1. The van der Waals surface area contributed by atoms with E-state index in [0.717, 1.165) is 44.2 Å². The van der Waals surface area contributed by atoms with Crippen molar-refractivity contribution < 1.29 is 14.3 Å². The summed E-state index contributed by atoms with van der Waals surface area (Å²) in [6.45, 7) is 4.45. The van der Waals surface area contributed by atoms with Crippen LogP contribution in [0.15, 0.2) is 29.3 Å². The Bertz CT molecular complexity index is 612. The zero-order chi connectivity index (χ0) is 17.0. The smallest absolute Gasteiger partial charge is 0.337 e. The van der Waals surface area contributed by atoms with E-state index < -0.39 is 0 Å². The maximum atomic E-state index is 11.5. The summed E-state index contributed by atoms with van der Waals surface area (Å²) in [7, 11) is 3.21. The Morgan fingerprint density at radius 1 is 1.36 bits per heavy atom. The molecule has 2 aliphatic heterocycles. The fraction of sp³-hybridized carbons (Fsp3) is 0.556. The Morgan fingerprint density at radius 3 is 2.72 bits per heavy atom. The van der Waals surface area contributed by atoms with Crippen molar-refractivity contribution in [1.82, 2.24) is 10.2 Å². The van der Waals surface area contributed by atoms with E-state index >= 15 is 0 Å². The normalized spacial score (nSPS) is 22.8. The Hall–Kier alpha value is -1.35. The van der Waals surface area contributed by atoms with Crippen LogP contribution in [0.1, 0.15) is 28.8 Å². The third-order valence-corrected chi connectivity index (χ3v) is 4.96. The molecule has 0 aromatic heterocycles. The number of ether oxygens (including phenoxy) is 2. The van der Waals surface area contributed by atoms with Gasteiger partial charge in [0.1, 0.15) is 0 Å². The first-order valence-electron chi connectivity index (χ1n) is 8.36. The molecule has 6 nitrogen and oxygen atoms in total. The second-order valence-electron chi connectivity index (χ2n) is 6.56. The number of aliphatic imine (C=N–C) groups is 1. The summed E-state index contributed by atoms with van der Waals surface area (Å²) in [5.41, 5.74) is 1.98. The Labute approximate surface area is 166 Å². The molecule has 2 heterocycles. The maximum absolute atomic E-state index is 11.5. The Balaban J connectivity index is 0.00000225. The maximum Gasteiger partial charge on any atom is 0.337 e. The summed E-state index contributed by atoms with van der Waals surface area (Å²) in [6.07, 6.45) is 2.32. The van der Waals surface area contributed by atoms with E-state index in [1.165, 1.54) is 13.5 Å². The van der Waals surface area contributed by atoms with Crippen LogP contribution < -0.4 is 5.32 Å². The van der Waals surface area contributed by atoms with Crippen molar-refractivity contribution in [3.8, 4) is 0 Å². The Morgan fingerprint density at radius 2 is 2.12 bits per heavy atom. The van der Waals surface area contributed by atoms with Gasteiger partial charge in [-0.3, -0.25) is 4.99 Å². The molecule has 25 heavy (non-hydrogen) atoms. The predicted octanol–water partition coefficient (Wildman–Crippen LogP) is 2.28. The molecule has 2 saturated heterocycles. The molecule has 2 fully saturated rings. The van der Waals surface area contributed by atoms with Crippen LogP contribution >= 0.6 is 24.0 Å². The average Bonchev–Trinajstić information content (AvgIpc) is 3.26. The predicted molar refractivity (Wildman–Crippen MR) is 107 cm³/mol. The molecular formula is C18H26IN3O3. The van der Waals surface area contributed by atoms with E-state index in [9.17, 15) is 4.79 Å². The van der Waals surface area contributed by atoms with Crippen molar-refractivity contribution >= 4 is 35.9 Å². The van der Waals surface area contributed by atoms with Gasteiger partial charge in [-0.1, -0.05) is 12.1 Å². The van der Waals surface area contributed by atoms with Crippen molar-refractivity contribution in [2.45, 2.75) is 19.4 Å². The molecule has 1 atom stereocenters. The van der Waals surface area contributed by atoms with Crippen molar-refractivity contribution in [1.29, 1.82) is 0 Å². The molecule has 3 rings (SSSR count). The topological polar surface area (TPSA) is 63.2 Å². The highest BCUT2D eigenvalue weighted by Crippen LogP contribution is 2.38. The van der Waals surface area contributed by atoms with Gasteiger partial charge >= 0.3 is 5.97 Å². The van der Waals surface area contributed by atoms with Crippen LogP contribution in [0.5, 0.6) is 0 Å². The molecule has 1 spiro atoms. The molecule has 7 heteroatoms. The summed E-state index contributed by atoms with van der Waals surface area (Å²) in [5, 5.41) is 3.42. The summed E-state index contributed by atoms with van der Waals surface area (Å²) in [4.78, 5) is 18.2. The van der Waals surface area contributed by atoms with Gasteiger partial charge in [0, 0.05) is 38.7 Å². The van der Waals surface area contributed by atoms with Crippen LogP contribution in [-0.2, 0) is 16.0 Å². The molecule has 0 amide bonds. The lowest BCUT2D eigenvalue weighted by Crippen LogP contribution is -2.41. The van der Waals surface area contributed by atoms with E-state index in [1.54, 1.807) is 12.1 Å². The third kappa shape index (κ3) is 4.63. The monoisotopic (exact) mass is 459 g/mol.